The first kappa shape index (κ1) is 38.4. The lowest BCUT2D eigenvalue weighted by molar-refractivity contribution is 1.18. The van der Waals surface area contributed by atoms with Crippen LogP contribution in [0, 0.1) is 0 Å². The van der Waals surface area contributed by atoms with Crippen LogP contribution >= 0.6 is 0 Å². The summed E-state index contributed by atoms with van der Waals surface area (Å²) < 4.78 is 2.39. The number of hydrogen-bond acceptors (Lipinski definition) is 1. The zero-order valence-corrected chi connectivity index (χ0v) is 36.8. The first-order valence-corrected chi connectivity index (χ1v) is 24.4. The Morgan fingerprint density at radius 3 is 1.40 bits per heavy atom. The minimum atomic E-state index is -2.72. The molecule has 12 rings (SSSR count). The van der Waals surface area contributed by atoms with Gasteiger partial charge in [0.2, 0.25) is 0 Å². The largest absolute Gasteiger partial charge is 0.310 e. The number of fused-ring (bicyclic) bond motifs is 6. The second kappa shape index (κ2) is 16.1. The Balaban J connectivity index is 1.05. The van der Waals surface area contributed by atoms with Gasteiger partial charge in [-0.15, -0.1) is 0 Å². The van der Waals surface area contributed by atoms with Crippen LogP contribution in [0.1, 0.15) is 0 Å². The van der Waals surface area contributed by atoms with E-state index in [-0.39, 0.29) is 0 Å². The van der Waals surface area contributed by atoms with Crippen molar-refractivity contribution in [1.82, 2.24) is 4.57 Å². The van der Waals surface area contributed by atoms with Crippen molar-refractivity contribution in [3.05, 3.63) is 267 Å². The molecule has 0 aliphatic heterocycles. The maximum absolute atomic E-state index is 2.72. The first-order valence-electron chi connectivity index (χ1n) is 22.4. The first-order chi connectivity index (χ1) is 32.3. The van der Waals surface area contributed by atoms with Gasteiger partial charge in [-0.05, 0) is 103 Å². The van der Waals surface area contributed by atoms with Gasteiger partial charge in [0.15, 0.2) is 8.07 Å². The fraction of sp³-hybridized carbons (Fsp3) is 0. The third-order valence-electron chi connectivity index (χ3n) is 13.3. The number of para-hydroxylation sites is 2. The standard InChI is InChI=1S/C62H44N2Si/c1-5-21-47(22-6-1)64-59-34-18-17-32-58(59)62-55(33-19-35-60(62)64)45-36-38-48(39-37-45)63(61-44-46-20-13-14-29-54(46)56-30-15-16-31-57(56)61)49-40-42-53(43-41-49)65(50-23-7-2-8-24-50,51-25-9-3-10-26-51)52-27-11-4-12-28-52/h1-44H. The Morgan fingerprint density at radius 1 is 0.323 bits per heavy atom. The Labute approximate surface area is 380 Å². The maximum Gasteiger partial charge on any atom is 0.179 e. The molecule has 0 aliphatic rings. The quantitative estimate of drug-likeness (QED) is 0.0798. The Kier molecular flexibility index (Phi) is 9.55. The second-order valence-corrected chi connectivity index (χ2v) is 20.6. The molecule has 306 valence electrons. The Hall–Kier alpha value is -8.24. The van der Waals surface area contributed by atoms with Gasteiger partial charge in [0.25, 0.3) is 0 Å². The summed E-state index contributed by atoms with van der Waals surface area (Å²) in [4.78, 5) is 2.46. The normalized spacial score (nSPS) is 11.7. The summed E-state index contributed by atoms with van der Waals surface area (Å²) >= 11 is 0. The predicted molar refractivity (Wildman–Crippen MR) is 280 cm³/mol. The summed E-state index contributed by atoms with van der Waals surface area (Å²) in [6.07, 6.45) is 0. The molecule has 0 fully saturated rings. The number of anilines is 3. The van der Waals surface area contributed by atoms with Crippen molar-refractivity contribution in [2.75, 3.05) is 4.90 Å². The van der Waals surface area contributed by atoms with Crippen LogP contribution in [0.15, 0.2) is 267 Å². The van der Waals surface area contributed by atoms with Crippen LogP contribution in [0.3, 0.4) is 0 Å². The molecule has 0 atom stereocenters. The van der Waals surface area contributed by atoms with Crippen LogP contribution in [0.5, 0.6) is 0 Å². The average Bonchev–Trinajstić information content (AvgIpc) is 3.73. The van der Waals surface area contributed by atoms with Crippen LogP contribution in [-0.2, 0) is 0 Å². The van der Waals surface area contributed by atoms with Crippen molar-refractivity contribution in [2.24, 2.45) is 0 Å². The van der Waals surface area contributed by atoms with E-state index in [1.165, 1.54) is 75.2 Å². The molecule has 2 nitrogen and oxygen atoms in total. The minimum absolute atomic E-state index is 1.10. The van der Waals surface area contributed by atoms with Gasteiger partial charge in [0.1, 0.15) is 0 Å². The van der Waals surface area contributed by atoms with Crippen LogP contribution in [0.2, 0.25) is 0 Å². The van der Waals surface area contributed by atoms with E-state index in [0.717, 1.165) is 22.7 Å². The summed E-state index contributed by atoms with van der Waals surface area (Å²) in [6.45, 7) is 0. The van der Waals surface area contributed by atoms with E-state index in [1.54, 1.807) is 0 Å². The molecule has 0 aliphatic carbocycles. The fourth-order valence-electron chi connectivity index (χ4n) is 10.5. The molecule has 0 bridgehead atoms. The van der Waals surface area contributed by atoms with Crippen molar-refractivity contribution in [3.63, 3.8) is 0 Å². The molecule has 0 N–H and O–H groups in total. The summed E-state index contributed by atoms with van der Waals surface area (Å²) in [6, 6.07) is 98.4. The van der Waals surface area contributed by atoms with Crippen LogP contribution < -0.4 is 25.6 Å². The van der Waals surface area contributed by atoms with Crippen LogP contribution in [0.4, 0.5) is 17.1 Å². The number of aromatic nitrogens is 1. The molecule has 0 saturated carbocycles. The van der Waals surface area contributed by atoms with Crippen molar-refractivity contribution in [1.29, 1.82) is 0 Å². The summed E-state index contributed by atoms with van der Waals surface area (Å²) in [7, 11) is -2.72. The van der Waals surface area contributed by atoms with E-state index in [2.05, 4.69) is 276 Å². The molecular formula is C62H44N2Si. The number of nitrogens with zero attached hydrogens (tertiary/aromatic N) is 2. The van der Waals surface area contributed by atoms with Gasteiger partial charge in [0.05, 0.1) is 16.7 Å². The number of rotatable bonds is 9. The lowest BCUT2D eigenvalue weighted by Gasteiger charge is -2.35. The topological polar surface area (TPSA) is 8.17 Å². The van der Waals surface area contributed by atoms with Crippen molar-refractivity contribution in [3.8, 4) is 16.8 Å². The lowest BCUT2D eigenvalue weighted by atomic mass is 9.97. The van der Waals surface area contributed by atoms with E-state index in [4.69, 9.17) is 0 Å². The zero-order valence-electron chi connectivity index (χ0n) is 35.8. The van der Waals surface area contributed by atoms with E-state index in [0.29, 0.717) is 0 Å². The van der Waals surface area contributed by atoms with Gasteiger partial charge < -0.3 is 9.47 Å². The second-order valence-electron chi connectivity index (χ2n) is 16.8. The Morgan fingerprint density at radius 2 is 0.785 bits per heavy atom. The van der Waals surface area contributed by atoms with Crippen molar-refractivity contribution < 1.29 is 0 Å². The Bertz CT molecular complexity index is 3530. The molecule has 1 heterocycles. The molecule has 0 amide bonds. The molecule has 3 heteroatoms. The average molecular weight is 845 g/mol. The SMILES string of the molecule is c1ccc(-n2c3ccccc3c3c(-c4ccc(N(c5ccc([Si](c6ccccc6)(c6ccccc6)c6ccccc6)cc5)c5cc6ccccc6c6ccccc56)cc4)cccc32)cc1. The van der Waals surface area contributed by atoms with Gasteiger partial charge in [-0.1, -0.05) is 212 Å². The van der Waals surface area contributed by atoms with Crippen molar-refractivity contribution in [2.45, 2.75) is 0 Å². The smallest absolute Gasteiger partial charge is 0.179 e. The number of hydrogen-bond donors (Lipinski definition) is 0. The highest BCUT2D eigenvalue weighted by Crippen LogP contribution is 2.44. The third-order valence-corrected chi connectivity index (χ3v) is 18.1. The highest BCUT2D eigenvalue weighted by molar-refractivity contribution is 7.19. The molecule has 12 aromatic rings. The van der Waals surface area contributed by atoms with Crippen molar-refractivity contribution >= 4 is 89.2 Å². The highest BCUT2D eigenvalue weighted by Gasteiger charge is 2.41. The van der Waals surface area contributed by atoms with E-state index in [9.17, 15) is 0 Å². The molecule has 0 unspecified atom stereocenters. The fourth-order valence-corrected chi connectivity index (χ4v) is 15.2. The molecule has 1 aromatic heterocycles. The van der Waals surface area contributed by atoms with Gasteiger partial charge in [0, 0.05) is 33.2 Å². The van der Waals surface area contributed by atoms with Gasteiger partial charge in [-0.25, -0.2) is 0 Å². The molecule has 0 radical (unpaired) electrons. The summed E-state index contributed by atoms with van der Waals surface area (Å²) in [5, 5.41) is 12.8. The summed E-state index contributed by atoms with van der Waals surface area (Å²) in [5.41, 5.74) is 9.30. The highest BCUT2D eigenvalue weighted by atomic mass is 28.3. The third kappa shape index (κ3) is 6.39. The molecule has 0 saturated heterocycles. The molecule has 0 spiro atoms. The van der Waals surface area contributed by atoms with Gasteiger partial charge >= 0.3 is 0 Å². The van der Waals surface area contributed by atoms with E-state index in [1.807, 2.05) is 0 Å². The van der Waals surface area contributed by atoms with Crippen LogP contribution in [-0.4, -0.2) is 12.6 Å². The number of benzene rings is 11. The monoisotopic (exact) mass is 844 g/mol. The lowest BCUT2D eigenvalue weighted by Crippen LogP contribution is -2.74. The molecule has 11 aromatic carbocycles. The maximum atomic E-state index is 2.46. The minimum Gasteiger partial charge on any atom is -0.310 e. The van der Waals surface area contributed by atoms with Crippen LogP contribution in [0.25, 0.3) is 60.2 Å². The predicted octanol–water partition coefficient (Wildman–Crippen LogP) is 13.6. The molecule has 65 heavy (non-hydrogen) atoms. The van der Waals surface area contributed by atoms with E-state index < -0.39 is 8.07 Å². The van der Waals surface area contributed by atoms with E-state index >= 15 is 0 Å². The van der Waals surface area contributed by atoms with Gasteiger partial charge in [-0.3, -0.25) is 0 Å². The summed E-state index contributed by atoms with van der Waals surface area (Å²) in [5.74, 6) is 0. The molecular weight excluding hydrogens is 801 g/mol. The van der Waals surface area contributed by atoms with Gasteiger partial charge in [-0.2, -0.15) is 0 Å². The zero-order chi connectivity index (χ0) is 43.2.